The minimum Gasteiger partial charge on any atom is -0.384 e. The van der Waals surface area contributed by atoms with Gasteiger partial charge in [-0.05, 0) is 37.0 Å². The molecule has 0 aromatic carbocycles. The number of nitrogens with two attached hydrogens (primary N) is 1. The Bertz CT molecular complexity index is 269. The number of aryl methyl sites for hydroxylation is 2. The molecule has 1 aromatic heterocycles. The van der Waals surface area contributed by atoms with Crippen molar-refractivity contribution in [3.63, 3.8) is 0 Å². The number of aromatic nitrogens is 1. The molecule has 2 nitrogen and oxygen atoms in total. The molecule has 0 atom stereocenters. The number of nitrogens with zero attached hydrogens (tertiary/aromatic N) is 1. The smallest absolute Gasteiger partial charge is 0.123 e. The van der Waals surface area contributed by atoms with Crippen molar-refractivity contribution in [2.24, 2.45) is 0 Å². The van der Waals surface area contributed by atoms with E-state index >= 15 is 0 Å². The van der Waals surface area contributed by atoms with Gasteiger partial charge in [-0.25, -0.2) is 4.98 Å². The van der Waals surface area contributed by atoms with Crippen molar-refractivity contribution in [2.45, 2.75) is 39.5 Å². The van der Waals surface area contributed by atoms with Crippen LogP contribution in [-0.2, 0) is 12.8 Å². The van der Waals surface area contributed by atoms with Gasteiger partial charge in [-0.2, -0.15) is 0 Å². The zero-order chi connectivity index (χ0) is 9.68. The molecule has 0 saturated carbocycles. The molecular weight excluding hydrogens is 160 g/mol. The first-order chi connectivity index (χ1) is 6.26. The van der Waals surface area contributed by atoms with E-state index in [9.17, 15) is 0 Å². The van der Waals surface area contributed by atoms with Gasteiger partial charge in [0.2, 0.25) is 0 Å². The lowest BCUT2D eigenvalue weighted by Gasteiger charge is -2.04. The van der Waals surface area contributed by atoms with E-state index in [4.69, 9.17) is 5.73 Å². The van der Waals surface area contributed by atoms with E-state index in [0.29, 0.717) is 5.82 Å². The Morgan fingerprint density at radius 3 is 2.69 bits per heavy atom. The van der Waals surface area contributed by atoms with Crippen molar-refractivity contribution in [3.05, 3.63) is 23.4 Å². The first kappa shape index (κ1) is 10.0. The van der Waals surface area contributed by atoms with Crippen molar-refractivity contribution < 1.29 is 0 Å². The largest absolute Gasteiger partial charge is 0.384 e. The lowest BCUT2D eigenvalue weighted by atomic mass is 10.1. The van der Waals surface area contributed by atoms with E-state index in [2.05, 4.69) is 24.9 Å². The van der Waals surface area contributed by atoms with Crippen LogP contribution < -0.4 is 5.73 Å². The summed E-state index contributed by atoms with van der Waals surface area (Å²) in [5.74, 6) is 0.658. The lowest BCUT2D eigenvalue weighted by Crippen LogP contribution is -1.98. The molecule has 2 N–H and O–H groups in total. The maximum atomic E-state index is 5.70. The van der Waals surface area contributed by atoms with E-state index in [0.717, 1.165) is 18.5 Å². The Hall–Kier alpha value is -1.05. The topological polar surface area (TPSA) is 38.9 Å². The van der Waals surface area contributed by atoms with Crippen molar-refractivity contribution in [3.8, 4) is 0 Å². The number of rotatable bonds is 4. The number of hydrogen-bond donors (Lipinski definition) is 1. The Balaban J connectivity index is 2.76. The van der Waals surface area contributed by atoms with Crippen molar-refractivity contribution in [2.75, 3.05) is 5.73 Å². The molecule has 13 heavy (non-hydrogen) atoms. The van der Waals surface area contributed by atoms with E-state index in [1.807, 2.05) is 6.07 Å². The van der Waals surface area contributed by atoms with Crippen molar-refractivity contribution in [1.82, 2.24) is 4.98 Å². The summed E-state index contributed by atoms with van der Waals surface area (Å²) in [7, 11) is 0. The SMILES string of the molecule is CCCCc1cc(CC)cc(N)n1. The van der Waals surface area contributed by atoms with Crippen LogP contribution in [-0.4, -0.2) is 4.98 Å². The van der Waals surface area contributed by atoms with Crippen LogP contribution in [0.2, 0.25) is 0 Å². The molecule has 0 unspecified atom stereocenters. The number of pyridine rings is 1. The molecule has 0 aliphatic rings. The summed E-state index contributed by atoms with van der Waals surface area (Å²) in [5, 5.41) is 0. The molecular formula is C11H18N2. The van der Waals surface area contributed by atoms with Gasteiger partial charge in [-0.1, -0.05) is 20.3 Å². The summed E-state index contributed by atoms with van der Waals surface area (Å²) in [6, 6.07) is 4.11. The molecule has 0 spiro atoms. The van der Waals surface area contributed by atoms with Crippen LogP contribution in [0.5, 0.6) is 0 Å². The quantitative estimate of drug-likeness (QED) is 0.769. The Morgan fingerprint density at radius 2 is 2.08 bits per heavy atom. The average molecular weight is 178 g/mol. The van der Waals surface area contributed by atoms with Crippen molar-refractivity contribution >= 4 is 5.82 Å². The van der Waals surface area contributed by atoms with Crippen LogP contribution in [0.15, 0.2) is 12.1 Å². The minimum absolute atomic E-state index is 0.658. The number of unbranched alkanes of at least 4 members (excludes halogenated alkanes) is 1. The van der Waals surface area contributed by atoms with Gasteiger partial charge in [-0.3, -0.25) is 0 Å². The average Bonchev–Trinajstić information content (AvgIpc) is 2.14. The molecule has 0 bridgehead atoms. The Morgan fingerprint density at radius 1 is 1.31 bits per heavy atom. The Labute approximate surface area is 80.2 Å². The molecule has 0 radical (unpaired) electrons. The van der Waals surface area contributed by atoms with Crippen molar-refractivity contribution in [1.29, 1.82) is 0 Å². The molecule has 1 aromatic rings. The third-order valence-electron chi connectivity index (χ3n) is 2.15. The number of anilines is 1. The first-order valence-corrected chi connectivity index (χ1v) is 5.01. The standard InChI is InChI=1S/C11H18N2/c1-3-5-6-10-7-9(4-2)8-11(12)13-10/h7-8H,3-6H2,1-2H3,(H2,12,13). The van der Waals surface area contributed by atoms with Gasteiger partial charge in [0.25, 0.3) is 0 Å². The summed E-state index contributed by atoms with van der Waals surface area (Å²) < 4.78 is 0. The summed E-state index contributed by atoms with van der Waals surface area (Å²) in [5.41, 5.74) is 8.12. The summed E-state index contributed by atoms with van der Waals surface area (Å²) in [6.07, 6.45) is 4.48. The molecule has 72 valence electrons. The summed E-state index contributed by atoms with van der Waals surface area (Å²) in [6.45, 7) is 4.32. The molecule has 2 heteroatoms. The monoisotopic (exact) mass is 178 g/mol. The first-order valence-electron chi connectivity index (χ1n) is 5.01. The third-order valence-corrected chi connectivity index (χ3v) is 2.15. The molecule has 1 rings (SSSR count). The van der Waals surface area contributed by atoms with Gasteiger partial charge in [0.05, 0.1) is 0 Å². The van der Waals surface area contributed by atoms with Crippen LogP contribution in [0.3, 0.4) is 0 Å². The predicted octanol–water partition coefficient (Wildman–Crippen LogP) is 2.57. The number of hydrogen-bond acceptors (Lipinski definition) is 2. The van der Waals surface area contributed by atoms with Crippen LogP contribution in [0.4, 0.5) is 5.82 Å². The molecule has 0 saturated heterocycles. The summed E-state index contributed by atoms with van der Waals surface area (Å²) in [4.78, 5) is 4.30. The van der Waals surface area contributed by atoms with Crippen LogP contribution in [0, 0.1) is 0 Å². The van der Waals surface area contributed by atoms with Gasteiger partial charge in [0.15, 0.2) is 0 Å². The molecule has 0 fully saturated rings. The second-order valence-corrected chi connectivity index (χ2v) is 3.35. The normalized spacial score (nSPS) is 10.3. The zero-order valence-electron chi connectivity index (χ0n) is 8.51. The van der Waals surface area contributed by atoms with Gasteiger partial charge in [-0.15, -0.1) is 0 Å². The highest BCUT2D eigenvalue weighted by molar-refractivity contribution is 5.34. The van der Waals surface area contributed by atoms with E-state index < -0.39 is 0 Å². The summed E-state index contributed by atoms with van der Waals surface area (Å²) >= 11 is 0. The Kier molecular flexibility index (Phi) is 3.74. The fourth-order valence-corrected chi connectivity index (χ4v) is 1.37. The molecule has 0 aliphatic carbocycles. The second-order valence-electron chi connectivity index (χ2n) is 3.35. The van der Waals surface area contributed by atoms with Crippen LogP contribution >= 0.6 is 0 Å². The van der Waals surface area contributed by atoms with E-state index in [-0.39, 0.29) is 0 Å². The zero-order valence-corrected chi connectivity index (χ0v) is 8.51. The second kappa shape index (κ2) is 4.85. The molecule has 1 heterocycles. The van der Waals surface area contributed by atoms with E-state index in [1.54, 1.807) is 0 Å². The maximum Gasteiger partial charge on any atom is 0.123 e. The van der Waals surface area contributed by atoms with Gasteiger partial charge >= 0.3 is 0 Å². The predicted molar refractivity (Wildman–Crippen MR) is 56.6 cm³/mol. The molecule has 0 amide bonds. The minimum atomic E-state index is 0.658. The highest BCUT2D eigenvalue weighted by Gasteiger charge is 1.98. The fourth-order valence-electron chi connectivity index (χ4n) is 1.37. The van der Waals surface area contributed by atoms with Crippen LogP contribution in [0.1, 0.15) is 37.9 Å². The third kappa shape index (κ3) is 3.05. The maximum absolute atomic E-state index is 5.70. The van der Waals surface area contributed by atoms with E-state index in [1.165, 1.54) is 18.4 Å². The highest BCUT2D eigenvalue weighted by atomic mass is 14.8. The molecule has 0 aliphatic heterocycles. The number of nitrogen functional groups attached to an aromatic ring is 1. The van der Waals surface area contributed by atoms with Gasteiger partial charge < -0.3 is 5.73 Å². The van der Waals surface area contributed by atoms with Crippen LogP contribution in [0.25, 0.3) is 0 Å². The van der Waals surface area contributed by atoms with Gasteiger partial charge in [0.1, 0.15) is 5.82 Å². The fraction of sp³-hybridized carbons (Fsp3) is 0.545. The lowest BCUT2D eigenvalue weighted by molar-refractivity contribution is 0.776. The highest BCUT2D eigenvalue weighted by Crippen LogP contribution is 2.10. The van der Waals surface area contributed by atoms with Gasteiger partial charge in [0, 0.05) is 5.69 Å².